The highest BCUT2D eigenvalue weighted by atomic mass is 32.1. The fraction of sp³-hybridized carbons (Fsp3) is 0.500. The zero-order valence-electron chi connectivity index (χ0n) is 18.6. The summed E-state index contributed by atoms with van der Waals surface area (Å²) in [6.45, 7) is 10.5. The number of anilines is 1. The molecule has 3 aromatic rings. The van der Waals surface area contributed by atoms with E-state index in [1.165, 1.54) is 10.1 Å². The third kappa shape index (κ3) is 5.00. The van der Waals surface area contributed by atoms with E-state index < -0.39 is 0 Å². The van der Waals surface area contributed by atoms with Crippen molar-refractivity contribution in [3.05, 3.63) is 36.5 Å². The Bertz CT molecular complexity index is 1070. The second kappa shape index (κ2) is 7.73. The summed E-state index contributed by atoms with van der Waals surface area (Å²) in [6, 6.07) is 10.7. The van der Waals surface area contributed by atoms with Gasteiger partial charge in [0.2, 0.25) is 5.95 Å². The summed E-state index contributed by atoms with van der Waals surface area (Å²) >= 11 is 1.73. The molecule has 5 rings (SSSR count). The molecule has 1 atom stereocenters. The van der Waals surface area contributed by atoms with E-state index in [0.717, 1.165) is 35.8 Å². The summed E-state index contributed by atoms with van der Waals surface area (Å²) in [7, 11) is 0. The van der Waals surface area contributed by atoms with Gasteiger partial charge in [0.25, 0.3) is 0 Å². The number of hydrogen-bond acceptors (Lipinski definition) is 7. The molecule has 2 N–H and O–H groups in total. The van der Waals surface area contributed by atoms with E-state index in [1.807, 2.05) is 18.3 Å². The molecule has 164 valence electrons. The van der Waals surface area contributed by atoms with Crippen LogP contribution in [-0.2, 0) is 4.74 Å². The minimum atomic E-state index is 0.0773. The number of aromatic nitrogens is 2. The topological polar surface area (TPSA) is 71.6 Å². The first kappa shape index (κ1) is 20.7. The monoisotopic (exact) mass is 438 g/mol. The highest BCUT2D eigenvalue weighted by Gasteiger charge is 2.37. The molecule has 31 heavy (non-hydrogen) atoms. The first-order valence-electron chi connectivity index (χ1n) is 10.9. The average molecular weight is 439 g/mol. The largest absolute Gasteiger partial charge is 0.491 e. The molecule has 6 nitrogen and oxygen atoms in total. The van der Waals surface area contributed by atoms with Gasteiger partial charge in [0, 0.05) is 28.0 Å². The second-order valence-electron chi connectivity index (χ2n) is 9.98. The van der Waals surface area contributed by atoms with E-state index in [1.54, 1.807) is 11.3 Å². The van der Waals surface area contributed by atoms with Gasteiger partial charge in [-0.25, -0.2) is 9.97 Å². The predicted octanol–water partition coefficient (Wildman–Crippen LogP) is 4.86. The van der Waals surface area contributed by atoms with Crippen molar-refractivity contribution in [1.29, 1.82) is 0 Å². The maximum absolute atomic E-state index is 5.83. The Morgan fingerprint density at radius 2 is 1.94 bits per heavy atom. The molecule has 2 aliphatic rings. The van der Waals surface area contributed by atoms with Gasteiger partial charge in [-0.15, -0.1) is 11.3 Å². The van der Waals surface area contributed by atoms with Gasteiger partial charge in [0.05, 0.1) is 17.2 Å². The van der Waals surface area contributed by atoms with Gasteiger partial charge in [-0.3, -0.25) is 0 Å². The summed E-state index contributed by atoms with van der Waals surface area (Å²) < 4.78 is 12.2. The lowest BCUT2D eigenvalue weighted by Crippen LogP contribution is -2.60. The van der Waals surface area contributed by atoms with Crippen molar-refractivity contribution in [3.8, 4) is 16.3 Å². The van der Waals surface area contributed by atoms with E-state index in [-0.39, 0.29) is 17.2 Å². The van der Waals surface area contributed by atoms with Crippen molar-refractivity contribution in [2.24, 2.45) is 0 Å². The Balaban J connectivity index is 1.34. The molecule has 0 radical (unpaired) electrons. The number of rotatable bonds is 6. The number of benzene rings is 1. The Morgan fingerprint density at radius 3 is 2.68 bits per heavy atom. The molecule has 0 bridgehead atoms. The predicted molar refractivity (Wildman–Crippen MR) is 126 cm³/mol. The number of fused-ring (bicyclic) bond motifs is 1. The minimum Gasteiger partial charge on any atom is -0.491 e. The van der Waals surface area contributed by atoms with Crippen LogP contribution < -0.4 is 15.4 Å². The zero-order valence-corrected chi connectivity index (χ0v) is 19.4. The van der Waals surface area contributed by atoms with E-state index in [4.69, 9.17) is 14.5 Å². The first-order valence-corrected chi connectivity index (χ1v) is 11.7. The van der Waals surface area contributed by atoms with Crippen LogP contribution in [0.1, 0.15) is 40.5 Å². The number of piperidine rings is 1. The lowest BCUT2D eigenvalue weighted by molar-refractivity contribution is 0.170. The third-order valence-electron chi connectivity index (χ3n) is 5.76. The quantitative estimate of drug-likeness (QED) is 0.536. The van der Waals surface area contributed by atoms with Crippen LogP contribution in [0.4, 0.5) is 5.95 Å². The molecule has 2 aliphatic heterocycles. The fourth-order valence-corrected chi connectivity index (χ4v) is 5.81. The van der Waals surface area contributed by atoms with Crippen LogP contribution in [0.5, 0.6) is 5.75 Å². The summed E-state index contributed by atoms with van der Waals surface area (Å²) in [4.78, 5) is 10.5. The molecule has 0 amide bonds. The maximum Gasteiger partial charge on any atom is 0.223 e. The van der Waals surface area contributed by atoms with E-state index in [0.29, 0.717) is 18.6 Å². The summed E-state index contributed by atoms with van der Waals surface area (Å²) in [6.07, 6.45) is 4.16. The molecule has 1 aromatic carbocycles. The molecule has 4 heterocycles. The molecule has 0 spiro atoms. The highest BCUT2D eigenvalue weighted by molar-refractivity contribution is 7.22. The molecule has 0 aliphatic carbocycles. The number of nitrogens with zero attached hydrogens (tertiary/aromatic N) is 2. The second-order valence-corrected chi connectivity index (χ2v) is 11.1. The van der Waals surface area contributed by atoms with Crippen LogP contribution in [-0.4, -0.2) is 46.4 Å². The Kier molecular flexibility index (Phi) is 5.15. The maximum atomic E-state index is 5.83. The summed E-state index contributed by atoms with van der Waals surface area (Å²) in [5.41, 5.74) is 1.10. The van der Waals surface area contributed by atoms with Gasteiger partial charge in [-0.05, 0) is 76.3 Å². The molecule has 2 aromatic heterocycles. The van der Waals surface area contributed by atoms with Crippen LogP contribution in [0.3, 0.4) is 0 Å². The first-order chi connectivity index (χ1) is 14.7. The lowest BCUT2D eigenvalue weighted by atomic mass is 9.80. The van der Waals surface area contributed by atoms with Crippen LogP contribution in [0.15, 0.2) is 36.5 Å². The molecule has 2 saturated heterocycles. The number of epoxide rings is 1. The third-order valence-corrected chi connectivity index (χ3v) is 6.88. The van der Waals surface area contributed by atoms with Gasteiger partial charge >= 0.3 is 0 Å². The zero-order chi connectivity index (χ0) is 21.6. The number of nitrogens with one attached hydrogen (secondary N) is 2. The molecule has 1 unspecified atom stereocenters. The van der Waals surface area contributed by atoms with E-state index >= 15 is 0 Å². The standard InChI is InChI=1S/C24H30N4O2S/c1-23(2)11-16(12-24(3,4)28-23)26-22-25-8-7-19(27-22)21-9-15-5-6-17(10-20(15)31-21)29-13-18-14-30-18/h5-10,16,18,28H,11-14H2,1-4H3,(H,25,26,27). The minimum absolute atomic E-state index is 0.0773. The fourth-order valence-electron chi connectivity index (χ4n) is 4.75. The summed E-state index contributed by atoms with van der Waals surface area (Å²) in [5.74, 6) is 1.58. The Labute approximate surface area is 187 Å². The lowest BCUT2D eigenvalue weighted by Gasteiger charge is -2.46. The number of thiophene rings is 1. The van der Waals surface area contributed by atoms with Crippen LogP contribution >= 0.6 is 11.3 Å². The Morgan fingerprint density at radius 1 is 1.16 bits per heavy atom. The average Bonchev–Trinajstić information content (AvgIpc) is 3.40. The van der Waals surface area contributed by atoms with Crippen molar-refractivity contribution < 1.29 is 9.47 Å². The van der Waals surface area contributed by atoms with E-state index in [9.17, 15) is 0 Å². The summed E-state index contributed by atoms with van der Waals surface area (Å²) in [5, 5.41) is 8.51. The van der Waals surface area contributed by atoms with Crippen LogP contribution in [0.2, 0.25) is 0 Å². The number of hydrogen-bond donors (Lipinski definition) is 2. The molecule has 2 fully saturated rings. The normalized spacial score (nSPS) is 22.4. The van der Waals surface area contributed by atoms with Gasteiger partial charge in [0.1, 0.15) is 18.5 Å². The van der Waals surface area contributed by atoms with Crippen LogP contribution in [0, 0.1) is 0 Å². The van der Waals surface area contributed by atoms with Crippen molar-refractivity contribution in [2.45, 2.75) is 63.8 Å². The van der Waals surface area contributed by atoms with Crippen molar-refractivity contribution in [3.63, 3.8) is 0 Å². The van der Waals surface area contributed by atoms with Gasteiger partial charge in [-0.1, -0.05) is 0 Å². The van der Waals surface area contributed by atoms with Gasteiger partial charge in [-0.2, -0.15) is 0 Å². The van der Waals surface area contributed by atoms with Crippen molar-refractivity contribution >= 4 is 27.4 Å². The molecular formula is C24H30N4O2S. The highest BCUT2D eigenvalue weighted by Crippen LogP contribution is 2.35. The molecule has 7 heteroatoms. The van der Waals surface area contributed by atoms with Gasteiger partial charge < -0.3 is 20.1 Å². The van der Waals surface area contributed by atoms with E-state index in [2.05, 4.69) is 61.5 Å². The number of ether oxygens (including phenoxy) is 2. The van der Waals surface area contributed by atoms with Crippen molar-refractivity contribution in [2.75, 3.05) is 18.5 Å². The smallest absolute Gasteiger partial charge is 0.223 e. The molecular weight excluding hydrogens is 408 g/mol. The SMILES string of the molecule is CC1(C)CC(Nc2nccc(-c3cc4ccc(OCC5CO5)cc4s3)n2)CC(C)(C)N1. The van der Waals surface area contributed by atoms with Crippen LogP contribution in [0.25, 0.3) is 20.7 Å². The van der Waals surface area contributed by atoms with Gasteiger partial charge in [0.15, 0.2) is 0 Å². The van der Waals surface area contributed by atoms with Crippen molar-refractivity contribution in [1.82, 2.24) is 15.3 Å². The molecule has 0 saturated carbocycles. The Hall–Kier alpha value is -2.22.